The summed E-state index contributed by atoms with van der Waals surface area (Å²) in [6.07, 6.45) is 0.674. The second kappa shape index (κ2) is 3.74. The van der Waals surface area contributed by atoms with Crippen LogP contribution in [-0.2, 0) is 4.79 Å². The smallest absolute Gasteiger partial charge is 0.142 e. The third-order valence-electron chi connectivity index (χ3n) is 1.29. The van der Waals surface area contributed by atoms with Gasteiger partial charge in [0, 0.05) is 5.02 Å². The van der Waals surface area contributed by atoms with Gasteiger partial charge in [-0.2, -0.15) is 0 Å². The maximum Gasteiger partial charge on any atom is 0.142 e. The third-order valence-corrected chi connectivity index (χ3v) is 1.88. The molecule has 1 rings (SSSR count). The summed E-state index contributed by atoms with van der Waals surface area (Å²) in [7, 11) is 0. The molecule has 0 aliphatic carbocycles. The van der Waals surface area contributed by atoms with E-state index in [1.54, 1.807) is 24.3 Å². The molecule has 0 spiro atoms. The molecule has 3 heteroatoms. The summed E-state index contributed by atoms with van der Waals surface area (Å²) in [6, 6.07) is 6.93. The van der Waals surface area contributed by atoms with Crippen molar-refractivity contribution in [1.82, 2.24) is 0 Å². The van der Waals surface area contributed by atoms with Crippen molar-refractivity contribution in [3.05, 3.63) is 34.9 Å². The minimum absolute atomic E-state index is 0.589. The number of alkyl halides is 1. The number of hydrogen-bond donors (Lipinski definition) is 0. The summed E-state index contributed by atoms with van der Waals surface area (Å²) in [5.41, 5.74) is 0.731. The van der Waals surface area contributed by atoms with Crippen molar-refractivity contribution >= 4 is 29.5 Å². The van der Waals surface area contributed by atoms with E-state index in [0.717, 1.165) is 5.56 Å². The molecule has 1 unspecified atom stereocenters. The van der Waals surface area contributed by atoms with Crippen LogP contribution >= 0.6 is 23.2 Å². The number of benzene rings is 1. The summed E-state index contributed by atoms with van der Waals surface area (Å²) in [6.45, 7) is 0. The van der Waals surface area contributed by atoms with Gasteiger partial charge in [-0.15, -0.1) is 11.6 Å². The van der Waals surface area contributed by atoms with Crippen molar-refractivity contribution in [2.24, 2.45) is 0 Å². The first kappa shape index (κ1) is 8.57. The lowest BCUT2D eigenvalue weighted by Crippen LogP contribution is -1.89. The molecule has 1 aromatic carbocycles. The van der Waals surface area contributed by atoms with Crippen LogP contribution in [0.25, 0.3) is 0 Å². The SMILES string of the molecule is O=CC(Cl)c1cccc(Cl)c1. The van der Waals surface area contributed by atoms with E-state index in [1.807, 2.05) is 0 Å². The first-order valence-electron chi connectivity index (χ1n) is 3.09. The quantitative estimate of drug-likeness (QED) is 0.516. The van der Waals surface area contributed by atoms with E-state index in [9.17, 15) is 4.79 Å². The van der Waals surface area contributed by atoms with Gasteiger partial charge in [0.2, 0.25) is 0 Å². The van der Waals surface area contributed by atoms with Crippen LogP contribution in [0.3, 0.4) is 0 Å². The minimum Gasteiger partial charge on any atom is -0.301 e. The fraction of sp³-hybridized carbons (Fsp3) is 0.125. The van der Waals surface area contributed by atoms with Gasteiger partial charge in [-0.1, -0.05) is 23.7 Å². The molecule has 0 amide bonds. The lowest BCUT2D eigenvalue weighted by molar-refractivity contribution is -0.107. The molecule has 1 nitrogen and oxygen atoms in total. The predicted molar refractivity (Wildman–Crippen MR) is 46.1 cm³/mol. The van der Waals surface area contributed by atoms with E-state index in [-0.39, 0.29) is 0 Å². The molecule has 1 aromatic rings. The zero-order chi connectivity index (χ0) is 8.27. The van der Waals surface area contributed by atoms with Crippen LogP contribution in [0.15, 0.2) is 24.3 Å². The highest BCUT2D eigenvalue weighted by Crippen LogP contribution is 2.20. The highest BCUT2D eigenvalue weighted by atomic mass is 35.5. The van der Waals surface area contributed by atoms with E-state index in [0.29, 0.717) is 11.3 Å². The van der Waals surface area contributed by atoms with E-state index in [1.165, 1.54) is 0 Å². The van der Waals surface area contributed by atoms with Crippen molar-refractivity contribution in [3.63, 3.8) is 0 Å². The van der Waals surface area contributed by atoms with Crippen molar-refractivity contribution in [1.29, 1.82) is 0 Å². The minimum atomic E-state index is -0.589. The largest absolute Gasteiger partial charge is 0.301 e. The zero-order valence-corrected chi connectivity index (χ0v) is 7.14. The van der Waals surface area contributed by atoms with Crippen molar-refractivity contribution in [2.75, 3.05) is 0 Å². The average Bonchev–Trinajstić information content (AvgIpc) is 2.03. The second-order valence-corrected chi connectivity index (χ2v) is 3.00. The highest BCUT2D eigenvalue weighted by Gasteiger charge is 2.04. The maximum atomic E-state index is 10.2. The predicted octanol–water partition coefficient (Wildman–Crippen LogP) is 2.82. The molecular weight excluding hydrogens is 183 g/mol. The molecule has 1 atom stereocenters. The third kappa shape index (κ3) is 2.21. The van der Waals surface area contributed by atoms with Gasteiger partial charge in [0.05, 0.1) is 0 Å². The van der Waals surface area contributed by atoms with Crippen LogP contribution in [0.4, 0.5) is 0 Å². The van der Waals surface area contributed by atoms with E-state index < -0.39 is 5.38 Å². The monoisotopic (exact) mass is 188 g/mol. The molecule has 0 bridgehead atoms. The summed E-state index contributed by atoms with van der Waals surface area (Å²) in [5, 5.41) is 0.00343. The number of carbonyl (C=O) groups is 1. The Morgan fingerprint density at radius 3 is 2.73 bits per heavy atom. The van der Waals surface area contributed by atoms with Crippen LogP contribution in [0.5, 0.6) is 0 Å². The Morgan fingerprint density at radius 2 is 2.18 bits per heavy atom. The average molecular weight is 189 g/mol. The van der Waals surface area contributed by atoms with Gasteiger partial charge in [-0.25, -0.2) is 0 Å². The van der Waals surface area contributed by atoms with Crippen molar-refractivity contribution in [2.45, 2.75) is 5.38 Å². The lowest BCUT2D eigenvalue weighted by atomic mass is 10.2. The molecule has 0 saturated carbocycles. The van der Waals surface area contributed by atoms with E-state index in [4.69, 9.17) is 23.2 Å². The van der Waals surface area contributed by atoms with Gasteiger partial charge >= 0.3 is 0 Å². The molecule has 0 aliphatic rings. The number of rotatable bonds is 2. The van der Waals surface area contributed by atoms with Crippen LogP contribution in [0.1, 0.15) is 10.9 Å². The Hall–Kier alpha value is -0.530. The standard InChI is InChI=1S/C8H6Cl2O/c9-7-3-1-2-6(4-7)8(10)5-11/h1-5,8H. The van der Waals surface area contributed by atoms with Gasteiger partial charge in [-0.3, -0.25) is 0 Å². The number of aldehydes is 1. The molecule has 0 fully saturated rings. The van der Waals surface area contributed by atoms with Crippen molar-refractivity contribution in [3.8, 4) is 0 Å². The number of carbonyl (C=O) groups excluding carboxylic acids is 1. The Kier molecular flexibility index (Phi) is 2.92. The Balaban J connectivity index is 2.95. The van der Waals surface area contributed by atoms with Crippen LogP contribution in [0, 0.1) is 0 Å². The molecule has 58 valence electrons. The van der Waals surface area contributed by atoms with Crippen LogP contribution < -0.4 is 0 Å². The molecule has 0 saturated heterocycles. The molecule has 0 aromatic heterocycles. The van der Waals surface area contributed by atoms with Crippen LogP contribution in [0.2, 0.25) is 5.02 Å². The van der Waals surface area contributed by atoms with Crippen LogP contribution in [-0.4, -0.2) is 6.29 Å². The molecule has 0 aliphatic heterocycles. The molecule has 11 heavy (non-hydrogen) atoms. The fourth-order valence-electron chi connectivity index (χ4n) is 0.757. The first-order chi connectivity index (χ1) is 5.24. The second-order valence-electron chi connectivity index (χ2n) is 2.09. The van der Waals surface area contributed by atoms with Gasteiger partial charge in [-0.05, 0) is 17.7 Å². The Bertz CT molecular complexity index is 260. The highest BCUT2D eigenvalue weighted by molar-refractivity contribution is 6.31. The van der Waals surface area contributed by atoms with E-state index >= 15 is 0 Å². The molecule has 0 radical (unpaired) electrons. The van der Waals surface area contributed by atoms with Gasteiger partial charge in [0.15, 0.2) is 0 Å². The lowest BCUT2D eigenvalue weighted by Gasteiger charge is -2.00. The molecule has 0 heterocycles. The first-order valence-corrected chi connectivity index (χ1v) is 3.90. The van der Waals surface area contributed by atoms with Gasteiger partial charge in [0.25, 0.3) is 0 Å². The van der Waals surface area contributed by atoms with E-state index in [2.05, 4.69) is 0 Å². The van der Waals surface area contributed by atoms with Crippen molar-refractivity contribution < 1.29 is 4.79 Å². The number of hydrogen-bond acceptors (Lipinski definition) is 1. The molecular formula is C8H6Cl2O. The van der Waals surface area contributed by atoms with Gasteiger partial charge in [0.1, 0.15) is 11.7 Å². The summed E-state index contributed by atoms with van der Waals surface area (Å²) < 4.78 is 0. The maximum absolute atomic E-state index is 10.2. The Labute approximate surface area is 74.9 Å². The number of halogens is 2. The zero-order valence-electron chi connectivity index (χ0n) is 5.63. The fourth-order valence-corrected chi connectivity index (χ4v) is 1.09. The summed E-state index contributed by atoms with van der Waals surface area (Å²) >= 11 is 11.3. The summed E-state index contributed by atoms with van der Waals surface area (Å²) in [4.78, 5) is 10.2. The normalized spacial score (nSPS) is 12.5. The van der Waals surface area contributed by atoms with Gasteiger partial charge < -0.3 is 4.79 Å². The Morgan fingerprint density at radius 1 is 1.45 bits per heavy atom. The topological polar surface area (TPSA) is 17.1 Å². The summed E-state index contributed by atoms with van der Waals surface area (Å²) in [5.74, 6) is 0. The molecule has 0 N–H and O–H groups in total.